The molecule has 4 aromatic rings. The van der Waals surface area contributed by atoms with Gasteiger partial charge < -0.3 is 5.32 Å². The molecule has 1 aliphatic rings. The van der Waals surface area contributed by atoms with Crippen molar-refractivity contribution in [1.82, 2.24) is 19.3 Å². The van der Waals surface area contributed by atoms with Gasteiger partial charge in [-0.1, -0.05) is 35.0 Å². The van der Waals surface area contributed by atoms with Gasteiger partial charge in [-0.3, -0.25) is 14.2 Å². The van der Waals surface area contributed by atoms with Gasteiger partial charge in [-0.05, 0) is 42.5 Å². The number of amides is 1. The molecule has 1 unspecified atom stereocenters. The molecule has 1 N–H and O–H groups in total. The molecular weight excluding hydrogens is 476 g/mol. The van der Waals surface area contributed by atoms with Crippen LogP contribution in [-0.4, -0.2) is 31.0 Å². The van der Waals surface area contributed by atoms with E-state index >= 15 is 0 Å². The van der Waals surface area contributed by atoms with E-state index in [9.17, 15) is 14.0 Å². The lowest BCUT2D eigenvalue weighted by molar-refractivity contribution is -0.116. The number of hydrogen-bond donors (Lipinski definition) is 1. The highest BCUT2D eigenvalue weighted by Crippen LogP contribution is 2.34. The first-order valence-corrected chi connectivity index (χ1v) is 11.3. The predicted molar refractivity (Wildman–Crippen MR) is 123 cm³/mol. The van der Waals surface area contributed by atoms with Crippen molar-refractivity contribution in [3.05, 3.63) is 74.9 Å². The molecule has 32 heavy (non-hydrogen) atoms. The zero-order valence-electron chi connectivity index (χ0n) is 16.3. The maximum atomic E-state index is 13.3. The minimum absolute atomic E-state index is 0.0815. The second kappa shape index (κ2) is 8.23. The van der Waals surface area contributed by atoms with Gasteiger partial charge in [0.25, 0.3) is 5.56 Å². The lowest BCUT2D eigenvalue weighted by atomic mass is 10.2. The first-order valence-electron chi connectivity index (χ1n) is 9.54. The third-order valence-electron chi connectivity index (χ3n) is 5.07. The largest absolute Gasteiger partial charge is 0.325 e. The zero-order chi connectivity index (χ0) is 22.4. The summed E-state index contributed by atoms with van der Waals surface area (Å²) >= 11 is 13.4. The summed E-state index contributed by atoms with van der Waals surface area (Å²) in [6.07, 6.45) is 1.52. The maximum Gasteiger partial charge on any atom is 0.265 e. The lowest BCUT2D eigenvalue weighted by Crippen LogP contribution is -2.27. The minimum atomic E-state index is -0.365. The zero-order valence-corrected chi connectivity index (χ0v) is 18.6. The van der Waals surface area contributed by atoms with Crippen molar-refractivity contribution in [2.45, 2.75) is 17.6 Å². The molecule has 0 spiro atoms. The van der Waals surface area contributed by atoms with E-state index in [0.29, 0.717) is 43.4 Å². The Morgan fingerprint density at radius 2 is 2.00 bits per heavy atom. The minimum Gasteiger partial charge on any atom is -0.325 e. The molecule has 11 heteroatoms. The van der Waals surface area contributed by atoms with Gasteiger partial charge in [-0.25, -0.2) is 14.1 Å². The Bertz CT molecular complexity index is 1420. The van der Waals surface area contributed by atoms with Crippen LogP contribution in [0, 0.1) is 5.82 Å². The monoisotopic (exact) mass is 489 g/mol. The fourth-order valence-corrected chi connectivity index (χ4v) is 5.14. The first kappa shape index (κ1) is 21.0. The highest BCUT2D eigenvalue weighted by molar-refractivity contribution is 7.99. The van der Waals surface area contributed by atoms with E-state index in [2.05, 4.69) is 15.4 Å². The second-order valence-electron chi connectivity index (χ2n) is 7.18. The highest BCUT2D eigenvalue weighted by Gasteiger charge is 2.29. The molecule has 0 bridgehead atoms. The van der Waals surface area contributed by atoms with Crippen molar-refractivity contribution in [1.29, 1.82) is 0 Å². The Kier molecular flexibility index (Phi) is 5.40. The highest BCUT2D eigenvalue weighted by atomic mass is 35.5. The van der Waals surface area contributed by atoms with Crippen molar-refractivity contribution < 1.29 is 9.18 Å². The summed E-state index contributed by atoms with van der Waals surface area (Å²) in [7, 11) is 0. The van der Waals surface area contributed by atoms with Gasteiger partial charge in [0.1, 0.15) is 11.2 Å². The molecule has 1 amide bonds. The number of aromatic nitrogens is 4. The van der Waals surface area contributed by atoms with Crippen molar-refractivity contribution >= 4 is 57.6 Å². The topological polar surface area (TPSA) is 81.8 Å². The molecule has 0 saturated carbocycles. The van der Waals surface area contributed by atoms with E-state index in [1.54, 1.807) is 30.3 Å². The number of hydrogen-bond acceptors (Lipinski definition) is 5. The van der Waals surface area contributed by atoms with Gasteiger partial charge >= 0.3 is 0 Å². The Hall–Kier alpha value is -2.88. The number of carbonyl (C=O) groups is 1. The molecule has 2 aromatic heterocycles. The third kappa shape index (κ3) is 3.76. The number of carbonyl (C=O) groups excluding carboxylic acids is 1. The molecule has 0 fully saturated rings. The Labute approximate surface area is 195 Å². The second-order valence-corrected chi connectivity index (χ2v) is 9.01. The molecule has 162 valence electrons. The molecule has 0 saturated heterocycles. The number of nitrogens with zero attached hydrogens (tertiary/aromatic N) is 4. The Balaban J connectivity index is 1.44. The Morgan fingerprint density at radius 1 is 1.22 bits per heavy atom. The molecule has 2 aromatic carbocycles. The van der Waals surface area contributed by atoms with Crippen molar-refractivity contribution in [2.75, 3.05) is 11.1 Å². The van der Waals surface area contributed by atoms with Gasteiger partial charge in [0, 0.05) is 17.2 Å². The first-order chi connectivity index (χ1) is 15.4. The summed E-state index contributed by atoms with van der Waals surface area (Å²) in [5.74, 6) is -0.113. The lowest BCUT2D eigenvalue weighted by Gasteiger charge is -2.14. The van der Waals surface area contributed by atoms with Crippen LogP contribution in [0.2, 0.25) is 10.0 Å². The van der Waals surface area contributed by atoms with Gasteiger partial charge in [0.2, 0.25) is 5.91 Å². The van der Waals surface area contributed by atoms with Crippen molar-refractivity contribution in [3.63, 3.8) is 0 Å². The van der Waals surface area contributed by atoms with Crippen LogP contribution in [0.3, 0.4) is 0 Å². The van der Waals surface area contributed by atoms with E-state index in [1.165, 1.54) is 39.3 Å². The summed E-state index contributed by atoms with van der Waals surface area (Å²) in [4.78, 5) is 30.4. The molecule has 1 aliphatic heterocycles. The molecule has 1 atom stereocenters. The van der Waals surface area contributed by atoms with Gasteiger partial charge in [0.15, 0.2) is 10.8 Å². The van der Waals surface area contributed by atoms with Crippen LogP contribution < -0.4 is 10.9 Å². The number of rotatable bonds is 4. The van der Waals surface area contributed by atoms with Crippen molar-refractivity contribution in [3.8, 4) is 5.69 Å². The smallest absolute Gasteiger partial charge is 0.265 e. The molecule has 5 rings (SSSR count). The summed E-state index contributed by atoms with van der Waals surface area (Å²) in [5, 5.41) is 8.66. The fourth-order valence-electron chi connectivity index (χ4n) is 3.56. The average molecular weight is 490 g/mol. The number of anilines is 1. The van der Waals surface area contributed by atoms with E-state index in [4.69, 9.17) is 23.2 Å². The fraction of sp³-hybridized carbons (Fsp3) is 0.143. The molecular formula is C21H14Cl2FN5O2S. The van der Waals surface area contributed by atoms with Crippen LogP contribution in [0.4, 0.5) is 10.1 Å². The van der Waals surface area contributed by atoms with E-state index in [-0.39, 0.29) is 29.7 Å². The number of halogens is 3. The number of fused-ring (bicyclic) bond motifs is 2. The van der Waals surface area contributed by atoms with E-state index in [1.807, 2.05) is 0 Å². The normalized spacial score (nSPS) is 15.2. The van der Waals surface area contributed by atoms with Gasteiger partial charge in [-0.15, -0.1) is 0 Å². The molecule has 0 aliphatic carbocycles. The van der Waals surface area contributed by atoms with Crippen LogP contribution in [0.25, 0.3) is 16.7 Å². The van der Waals surface area contributed by atoms with Crippen molar-refractivity contribution in [2.24, 2.45) is 0 Å². The summed E-state index contributed by atoms with van der Waals surface area (Å²) in [6, 6.07) is 10.2. The van der Waals surface area contributed by atoms with E-state index in [0.717, 1.165) is 0 Å². The average Bonchev–Trinajstić information content (AvgIpc) is 3.36. The van der Waals surface area contributed by atoms with E-state index < -0.39 is 0 Å². The summed E-state index contributed by atoms with van der Waals surface area (Å²) < 4.78 is 16.3. The summed E-state index contributed by atoms with van der Waals surface area (Å²) in [5.41, 5.74) is 1.16. The third-order valence-corrected chi connectivity index (χ3v) is 6.71. The number of benzene rings is 2. The van der Waals surface area contributed by atoms with Gasteiger partial charge in [0.05, 0.1) is 28.6 Å². The maximum absolute atomic E-state index is 13.3. The van der Waals surface area contributed by atoms with Crippen LogP contribution in [-0.2, 0) is 4.79 Å². The van der Waals surface area contributed by atoms with Crippen LogP contribution in [0.15, 0.2) is 58.6 Å². The number of nitrogens with one attached hydrogen (secondary N) is 1. The quantitative estimate of drug-likeness (QED) is 0.420. The molecule has 0 radical (unpaired) electrons. The standard InChI is InChI=1S/C21H14Cl2FN5O2S/c22-11-1-6-17(16(23)7-11)26-18(30)8-14-10-32-21-27-19-15(20(31)28(14)21)9-25-29(19)13-4-2-12(24)3-5-13/h1-7,9,14H,8,10H2,(H,26,30). The Morgan fingerprint density at radius 3 is 2.75 bits per heavy atom. The molecule has 3 heterocycles. The number of thioether (sulfide) groups is 1. The summed E-state index contributed by atoms with van der Waals surface area (Å²) in [6.45, 7) is 0. The molecule has 7 nitrogen and oxygen atoms in total. The van der Waals surface area contributed by atoms with Crippen LogP contribution >= 0.6 is 35.0 Å². The van der Waals surface area contributed by atoms with Gasteiger partial charge in [-0.2, -0.15) is 5.10 Å². The van der Waals surface area contributed by atoms with Crippen LogP contribution in [0.1, 0.15) is 12.5 Å². The SMILES string of the molecule is O=C(CC1CSc2nc3c(cnn3-c3ccc(F)cc3)c(=O)n21)Nc1ccc(Cl)cc1Cl. The predicted octanol–water partition coefficient (Wildman–Crippen LogP) is 4.70. The van der Waals surface area contributed by atoms with Crippen LogP contribution in [0.5, 0.6) is 0 Å².